The average Bonchev–Trinajstić information content (AvgIpc) is 2.49. The van der Waals surface area contributed by atoms with Crippen molar-refractivity contribution in [2.24, 2.45) is 7.05 Å². The van der Waals surface area contributed by atoms with Crippen molar-refractivity contribution in [3.8, 4) is 0 Å². The minimum absolute atomic E-state index is 0.242. The molecule has 0 aliphatic carbocycles. The number of rotatable bonds is 5. The minimum Gasteiger partial charge on any atom is -0.313 e. The van der Waals surface area contributed by atoms with Crippen LogP contribution < -0.4 is 5.32 Å². The Labute approximate surface area is 77.9 Å². The monoisotopic (exact) mass is 181 g/mol. The largest absolute Gasteiger partial charge is 0.313 e. The second-order valence-electron chi connectivity index (χ2n) is 3.09. The predicted molar refractivity (Wildman–Crippen MR) is 50.5 cm³/mol. The number of nitrogens with zero attached hydrogens (tertiary/aromatic N) is 2. The Morgan fingerprint density at radius 3 is 3.00 bits per heavy atom. The van der Waals surface area contributed by atoms with Gasteiger partial charge in [-0.2, -0.15) is 5.10 Å². The molecule has 0 amide bonds. The summed E-state index contributed by atoms with van der Waals surface area (Å²) in [6.45, 7) is 0.459. The number of hydrogen-bond donors (Lipinski definition) is 1. The third kappa shape index (κ3) is 3.38. The molecule has 0 bridgehead atoms. The van der Waals surface area contributed by atoms with Gasteiger partial charge in [0.05, 0.1) is 12.7 Å². The van der Waals surface area contributed by atoms with Crippen molar-refractivity contribution in [1.82, 2.24) is 15.1 Å². The average molecular weight is 181 g/mol. The van der Waals surface area contributed by atoms with Crippen LogP contribution >= 0.6 is 0 Å². The summed E-state index contributed by atoms with van der Waals surface area (Å²) in [5, 5.41) is 6.87. The predicted octanol–water partition coefficient (Wildman–Crippen LogP) is 0.141. The summed E-state index contributed by atoms with van der Waals surface area (Å²) < 4.78 is 1.75. The van der Waals surface area contributed by atoms with E-state index in [-0.39, 0.29) is 5.78 Å². The molecule has 0 saturated carbocycles. The molecule has 0 aliphatic rings. The third-order valence-electron chi connectivity index (χ3n) is 1.82. The maximum absolute atomic E-state index is 11.1. The van der Waals surface area contributed by atoms with Crippen LogP contribution in [0, 0.1) is 0 Å². The Bertz CT molecular complexity index is 280. The smallest absolute Gasteiger partial charge is 0.146 e. The van der Waals surface area contributed by atoms with Gasteiger partial charge in [0.15, 0.2) is 0 Å². The van der Waals surface area contributed by atoms with Crippen LogP contribution in [0.5, 0.6) is 0 Å². The van der Waals surface area contributed by atoms with Crippen LogP contribution in [0.2, 0.25) is 0 Å². The molecule has 0 aliphatic heterocycles. The molecule has 0 fully saturated rings. The lowest BCUT2D eigenvalue weighted by atomic mass is 10.1. The van der Waals surface area contributed by atoms with E-state index >= 15 is 0 Å². The first kappa shape index (κ1) is 9.92. The SMILES string of the molecule is CNCC(=O)CCc1cnn(C)c1. The molecular formula is C9H15N3O. The Hall–Kier alpha value is -1.16. The summed E-state index contributed by atoms with van der Waals surface area (Å²) in [6, 6.07) is 0. The molecule has 0 radical (unpaired) electrons. The molecule has 1 heterocycles. The zero-order valence-electron chi connectivity index (χ0n) is 8.08. The van der Waals surface area contributed by atoms with Crippen LogP contribution in [0.4, 0.5) is 0 Å². The van der Waals surface area contributed by atoms with Crippen molar-refractivity contribution in [3.05, 3.63) is 18.0 Å². The van der Waals surface area contributed by atoms with E-state index in [4.69, 9.17) is 0 Å². The van der Waals surface area contributed by atoms with Gasteiger partial charge in [0.1, 0.15) is 5.78 Å². The van der Waals surface area contributed by atoms with Crippen LogP contribution in [-0.2, 0) is 18.3 Å². The van der Waals surface area contributed by atoms with E-state index in [0.29, 0.717) is 13.0 Å². The van der Waals surface area contributed by atoms with E-state index < -0.39 is 0 Å². The second-order valence-corrected chi connectivity index (χ2v) is 3.09. The van der Waals surface area contributed by atoms with E-state index in [1.807, 2.05) is 13.2 Å². The highest BCUT2D eigenvalue weighted by Crippen LogP contribution is 2.00. The third-order valence-corrected chi connectivity index (χ3v) is 1.82. The Kier molecular flexibility index (Phi) is 3.64. The van der Waals surface area contributed by atoms with Crippen molar-refractivity contribution in [3.63, 3.8) is 0 Å². The molecule has 0 atom stereocenters. The summed E-state index contributed by atoms with van der Waals surface area (Å²) in [7, 11) is 3.65. The van der Waals surface area contributed by atoms with E-state index in [0.717, 1.165) is 12.0 Å². The molecule has 72 valence electrons. The molecule has 4 nitrogen and oxygen atoms in total. The number of carbonyl (C=O) groups excluding carboxylic acids is 1. The summed E-state index contributed by atoms with van der Waals surface area (Å²) in [4.78, 5) is 11.1. The first-order valence-corrected chi connectivity index (χ1v) is 4.36. The Morgan fingerprint density at radius 2 is 2.46 bits per heavy atom. The van der Waals surface area contributed by atoms with Gasteiger partial charge in [-0.15, -0.1) is 0 Å². The zero-order valence-corrected chi connectivity index (χ0v) is 8.08. The lowest BCUT2D eigenvalue weighted by Crippen LogP contribution is -2.18. The van der Waals surface area contributed by atoms with Gasteiger partial charge in [-0.3, -0.25) is 9.48 Å². The summed E-state index contributed by atoms with van der Waals surface area (Å²) >= 11 is 0. The number of aromatic nitrogens is 2. The highest BCUT2D eigenvalue weighted by Gasteiger charge is 2.02. The van der Waals surface area contributed by atoms with Crippen molar-refractivity contribution in [2.75, 3.05) is 13.6 Å². The molecule has 0 spiro atoms. The van der Waals surface area contributed by atoms with Crippen LogP contribution in [0.3, 0.4) is 0 Å². The fourth-order valence-electron chi connectivity index (χ4n) is 1.17. The molecule has 4 heteroatoms. The number of hydrogen-bond acceptors (Lipinski definition) is 3. The molecule has 1 N–H and O–H groups in total. The van der Waals surface area contributed by atoms with Gasteiger partial charge in [0.2, 0.25) is 0 Å². The molecular weight excluding hydrogens is 166 g/mol. The molecule has 1 aromatic rings. The minimum atomic E-state index is 0.242. The summed E-state index contributed by atoms with van der Waals surface area (Å²) in [5.41, 5.74) is 1.12. The fraction of sp³-hybridized carbons (Fsp3) is 0.556. The van der Waals surface area contributed by atoms with E-state index in [1.165, 1.54) is 0 Å². The van der Waals surface area contributed by atoms with Gasteiger partial charge in [-0.05, 0) is 19.0 Å². The lowest BCUT2D eigenvalue weighted by Gasteiger charge is -1.97. The fourth-order valence-corrected chi connectivity index (χ4v) is 1.17. The van der Waals surface area contributed by atoms with Gasteiger partial charge in [0, 0.05) is 19.7 Å². The quantitative estimate of drug-likeness (QED) is 0.703. The first-order chi connectivity index (χ1) is 6.22. The van der Waals surface area contributed by atoms with Crippen LogP contribution in [0.25, 0.3) is 0 Å². The van der Waals surface area contributed by atoms with Gasteiger partial charge in [-0.1, -0.05) is 0 Å². The highest BCUT2D eigenvalue weighted by atomic mass is 16.1. The molecule has 0 aromatic carbocycles. The van der Waals surface area contributed by atoms with Crippen LogP contribution in [0.15, 0.2) is 12.4 Å². The van der Waals surface area contributed by atoms with Gasteiger partial charge < -0.3 is 5.32 Å². The molecule has 0 unspecified atom stereocenters. The second kappa shape index (κ2) is 4.77. The Morgan fingerprint density at radius 1 is 1.69 bits per heavy atom. The van der Waals surface area contributed by atoms with Crippen molar-refractivity contribution < 1.29 is 4.79 Å². The standard InChI is InChI=1S/C9H15N3O/c1-10-6-9(13)4-3-8-5-11-12(2)7-8/h5,7,10H,3-4,6H2,1-2H3. The summed E-state index contributed by atoms with van der Waals surface area (Å²) in [5.74, 6) is 0.242. The zero-order chi connectivity index (χ0) is 9.68. The number of likely N-dealkylation sites (N-methyl/N-ethyl adjacent to an activating group) is 1. The number of Topliss-reactive ketones (excluding diaryl/α,β-unsaturated/α-hetero) is 1. The van der Waals surface area contributed by atoms with Crippen LogP contribution in [-0.4, -0.2) is 29.2 Å². The Balaban J connectivity index is 2.30. The van der Waals surface area contributed by atoms with Gasteiger partial charge in [0.25, 0.3) is 0 Å². The van der Waals surface area contributed by atoms with E-state index in [2.05, 4.69) is 10.4 Å². The van der Waals surface area contributed by atoms with E-state index in [9.17, 15) is 4.79 Å². The van der Waals surface area contributed by atoms with Gasteiger partial charge in [-0.25, -0.2) is 0 Å². The van der Waals surface area contributed by atoms with Crippen molar-refractivity contribution >= 4 is 5.78 Å². The topological polar surface area (TPSA) is 46.9 Å². The maximum Gasteiger partial charge on any atom is 0.146 e. The number of nitrogens with one attached hydrogen (secondary N) is 1. The highest BCUT2D eigenvalue weighted by molar-refractivity contribution is 5.80. The lowest BCUT2D eigenvalue weighted by molar-refractivity contribution is -0.118. The van der Waals surface area contributed by atoms with Crippen molar-refractivity contribution in [2.45, 2.75) is 12.8 Å². The molecule has 0 saturated heterocycles. The van der Waals surface area contributed by atoms with Crippen LogP contribution in [0.1, 0.15) is 12.0 Å². The molecule has 1 aromatic heterocycles. The number of carbonyl (C=O) groups is 1. The number of aryl methyl sites for hydroxylation is 2. The normalized spacial score (nSPS) is 10.3. The first-order valence-electron chi connectivity index (χ1n) is 4.36. The maximum atomic E-state index is 11.1. The summed E-state index contributed by atoms with van der Waals surface area (Å²) in [6.07, 6.45) is 5.11. The molecule has 1 rings (SSSR count). The van der Waals surface area contributed by atoms with Crippen molar-refractivity contribution in [1.29, 1.82) is 0 Å². The molecule has 13 heavy (non-hydrogen) atoms. The van der Waals surface area contributed by atoms with Gasteiger partial charge >= 0.3 is 0 Å². The van der Waals surface area contributed by atoms with E-state index in [1.54, 1.807) is 17.9 Å². The number of ketones is 1.